The lowest BCUT2D eigenvalue weighted by atomic mass is 9.98. The second kappa shape index (κ2) is 5.30. The number of carbonyl (C=O) groups excluding carboxylic acids is 2. The number of halogens is 1. The van der Waals surface area contributed by atoms with Crippen LogP contribution in [0.1, 0.15) is 35.2 Å². The van der Waals surface area contributed by atoms with Crippen LogP contribution in [0.5, 0.6) is 0 Å². The zero-order chi connectivity index (χ0) is 16.1. The van der Waals surface area contributed by atoms with E-state index in [-0.39, 0.29) is 23.4 Å². The average molecular weight is 317 g/mol. The van der Waals surface area contributed by atoms with E-state index in [0.29, 0.717) is 43.5 Å². The van der Waals surface area contributed by atoms with Crippen molar-refractivity contribution in [2.24, 2.45) is 17.6 Å². The normalized spacial score (nSPS) is 29.2. The van der Waals surface area contributed by atoms with Crippen molar-refractivity contribution < 1.29 is 14.0 Å². The average Bonchev–Trinajstić information content (AvgIpc) is 3.08. The van der Waals surface area contributed by atoms with Gasteiger partial charge in [0, 0.05) is 31.2 Å². The summed E-state index contributed by atoms with van der Waals surface area (Å²) >= 11 is 0. The predicted octanol–water partition coefficient (Wildman–Crippen LogP) is 1.52. The summed E-state index contributed by atoms with van der Waals surface area (Å²) in [6.45, 7) is 1.29. The molecule has 23 heavy (non-hydrogen) atoms. The Bertz CT molecular complexity index is 691. The molecule has 1 aliphatic carbocycles. The molecule has 122 valence electrons. The Hall–Kier alpha value is -1.95. The Kier molecular flexibility index (Phi) is 3.37. The first-order valence-electron chi connectivity index (χ1n) is 8.20. The number of fused-ring (bicyclic) bond motifs is 2. The highest BCUT2D eigenvalue weighted by Crippen LogP contribution is 2.38. The van der Waals surface area contributed by atoms with Crippen LogP contribution in [-0.4, -0.2) is 35.8 Å². The number of nitrogens with one attached hydrogen (secondary N) is 1. The summed E-state index contributed by atoms with van der Waals surface area (Å²) in [5.41, 5.74) is 7.51. The van der Waals surface area contributed by atoms with Gasteiger partial charge in [0.05, 0.1) is 5.56 Å². The Balaban J connectivity index is 1.58. The van der Waals surface area contributed by atoms with E-state index in [1.165, 1.54) is 6.07 Å². The Morgan fingerprint density at radius 3 is 2.87 bits per heavy atom. The standard InChI is InChI=1S/C17H20FN3O2/c18-13-6-15-9(2-4-16(22)20-15)5-11(13)17(23)21-7-10-1-3-14(19)12(10)8-21/h5-6,10,12,14H,1-4,7-8,19H2,(H,20,22). The van der Waals surface area contributed by atoms with Gasteiger partial charge in [0.2, 0.25) is 5.91 Å². The summed E-state index contributed by atoms with van der Waals surface area (Å²) in [6.07, 6.45) is 2.98. The predicted molar refractivity (Wildman–Crippen MR) is 83.4 cm³/mol. The fourth-order valence-electron chi connectivity index (χ4n) is 4.21. The van der Waals surface area contributed by atoms with Crippen molar-refractivity contribution in [1.29, 1.82) is 0 Å². The van der Waals surface area contributed by atoms with Gasteiger partial charge in [-0.3, -0.25) is 9.59 Å². The molecule has 3 atom stereocenters. The molecule has 0 aromatic heterocycles. The smallest absolute Gasteiger partial charge is 0.256 e. The van der Waals surface area contributed by atoms with Crippen LogP contribution in [0, 0.1) is 17.7 Å². The van der Waals surface area contributed by atoms with Crippen LogP contribution in [0.25, 0.3) is 0 Å². The van der Waals surface area contributed by atoms with E-state index < -0.39 is 5.82 Å². The van der Waals surface area contributed by atoms with Gasteiger partial charge in [0.1, 0.15) is 5.82 Å². The Morgan fingerprint density at radius 1 is 1.26 bits per heavy atom. The molecule has 3 unspecified atom stereocenters. The number of hydrogen-bond donors (Lipinski definition) is 2. The molecule has 0 bridgehead atoms. The van der Waals surface area contributed by atoms with Crippen LogP contribution in [0.3, 0.4) is 0 Å². The third kappa shape index (κ3) is 2.41. The zero-order valence-electron chi connectivity index (χ0n) is 12.8. The monoisotopic (exact) mass is 317 g/mol. The molecule has 4 rings (SSSR count). The maximum atomic E-state index is 14.4. The van der Waals surface area contributed by atoms with Gasteiger partial charge in [-0.1, -0.05) is 0 Å². The third-order valence-corrected chi connectivity index (χ3v) is 5.52. The number of anilines is 1. The zero-order valence-corrected chi connectivity index (χ0v) is 12.8. The molecule has 1 aromatic rings. The number of aryl methyl sites for hydroxylation is 1. The number of likely N-dealkylation sites (tertiary alicyclic amines) is 1. The fraction of sp³-hybridized carbons (Fsp3) is 0.529. The first-order valence-corrected chi connectivity index (χ1v) is 8.20. The third-order valence-electron chi connectivity index (χ3n) is 5.52. The lowest BCUT2D eigenvalue weighted by molar-refractivity contribution is -0.116. The van der Waals surface area contributed by atoms with Gasteiger partial charge in [-0.2, -0.15) is 0 Å². The van der Waals surface area contributed by atoms with Crippen LogP contribution < -0.4 is 11.1 Å². The van der Waals surface area contributed by atoms with Crippen molar-refractivity contribution in [2.45, 2.75) is 31.7 Å². The van der Waals surface area contributed by atoms with E-state index in [1.54, 1.807) is 11.0 Å². The topological polar surface area (TPSA) is 75.4 Å². The van der Waals surface area contributed by atoms with Crippen molar-refractivity contribution in [3.05, 3.63) is 29.1 Å². The molecule has 6 heteroatoms. The number of rotatable bonds is 1. The number of hydrogen-bond acceptors (Lipinski definition) is 3. The summed E-state index contributed by atoms with van der Waals surface area (Å²) in [5.74, 6) is -0.147. The van der Waals surface area contributed by atoms with E-state index >= 15 is 0 Å². The van der Waals surface area contributed by atoms with Crippen molar-refractivity contribution in [3.8, 4) is 0 Å². The van der Waals surface area contributed by atoms with E-state index in [4.69, 9.17) is 5.73 Å². The Morgan fingerprint density at radius 2 is 2.09 bits per heavy atom. The number of benzene rings is 1. The lowest BCUT2D eigenvalue weighted by Crippen LogP contribution is -2.34. The van der Waals surface area contributed by atoms with Gasteiger partial charge in [0.15, 0.2) is 0 Å². The van der Waals surface area contributed by atoms with Crippen molar-refractivity contribution in [1.82, 2.24) is 4.90 Å². The van der Waals surface area contributed by atoms with Gasteiger partial charge in [0.25, 0.3) is 5.91 Å². The molecular formula is C17H20FN3O2. The van der Waals surface area contributed by atoms with Gasteiger partial charge >= 0.3 is 0 Å². The highest BCUT2D eigenvalue weighted by Gasteiger charge is 2.43. The maximum Gasteiger partial charge on any atom is 0.256 e. The molecular weight excluding hydrogens is 297 g/mol. The molecule has 1 saturated carbocycles. The van der Waals surface area contributed by atoms with Gasteiger partial charge < -0.3 is 16.0 Å². The number of nitrogens with two attached hydrogens (primary N) is 1. The number of carbonyl (C=O) groups is 2. The van der Waals surface area contributed by atoms with Crippen LogP contribution in [0.2, 0.25) is 0 Å². The minimum absolute atomic E-state index is 0.105. The first-order chi connectivity index (χ1) is 11.0. The summed E-state index contributed by atoms with van der Waals surface area (Å²) < 4.78 is 14.4. The van der Waals surface area contributed by atoms with E-state index in [0.717, 1.165) is 18.4 Å². The quantitative estimate of drug-likeness (QED) is 0.824. The Labute approximate surface area is 134 Å². The second-order valence-electron chi connectivity index (χ2n) is 6.91. The summed E-state index contributed by atoms with van der Waals surface area (Å²) in [4.78, 5) is 25.8. The van der Waals surface area contributed by atoms with E-state index in [1.807, 2.05) is 0 Å². The summed E-state index contributed by atoms with van der Waals surface area (Å²) in [5, 5.41) is 2.65. The minimum Gasteiger partial charge on any atom is -0.338 e. The molecule has 2 aliphatic heterocycles. The molecule has 3 N–H and O–H groups in total. The summed E-state index contributed by atoms with van der Waals surface area (Å²) in [7, 11) is 0. The first kappa shape index (κ1) is 14.6. The van der Waals surface area contributed by atoms with Crippen molar-refractivity contribution in [2.75, 3.05) is 18.4 Å². The van der Waals surface area contributed by atoms with Crippen molar-refractivity contribution in [3.63, 3.8) is 0 Å². The van der Waals surface area contributed by atoms with Crippen LogP contribution in [0.15, 0.2) is 12.1 Å². The molecule has 5 nitrogen and oxygen atoms in total. The molecule has 3 aliphatic rings. The van der Waals surface area contributed by atoms with Crippen LogP contribution in [0.4, 0.5) is 10.1 Å². The van der Waals surface area contributed by atoms with E-state index in [2.05, 4.69) is 5.32 Å². The second-order valence-corrected chi connectivity index (χ2v) is 6.91. The molecule has 0 radical (unpaired) electrons. The van der Waals surface area contributed by atoms with Gasteiger partial charge in [-0.05, 0) is 48.8 Å². The maximum absolute atomic E-state index is 14.4. The molecule has 2 amide bonds. The largest absolute Gasteiger partial charge is 0.338 e. The minimum atomic E-state index is -0.572. The molecule has 2 fully saturated rings. The summed E-state index contributed by atoms with van der Waals surface area (Å²) in [6, 6.07) is 3.02. The van der Waals surface area contributed by atoms with Crippen molar-refractivity contribution >= 4 is 17.5 Å². The lowest BCUT2D eigenvalue weighted by Gasteiger charge is -2.22. The number of nitrogens with zero attached hydrogens (tertiary/aromatic N) is 1. The molecule has 1 aromatic carbocycles. The number of amides is 2. The molecule has 0 spiro atoms. The van der Waals surface area contributed by atoms with Gasteiger partial charge in [-0.15, -0.1) is 0 Å². The SMILES string of the molecule is NC1CCC2CN(C(=O)c3cc4c(cc3F)NC(=O)CC4)CC12. The molecule has 2 heterocycles. The highest BCUT2D eigenvalue weighted by molar-refractivity contribution is 5.98. The van der Waals surface area contributed by atoms with E-state index in [9.17, 15) is 14.0 Å². The van der Waals surface area contributed by atoms with Crippen LogP contribution >= 0.6 is 0 Å². The fourth-order valence-corrected chi connectivity index (χ4v) is 4.21. The van der Waals surface area contributed by atoms with Gasteiger partial charge in [-0.25, -0.2) is 4.39 Å². The molecule has 1 saturated heterocycles. The van der Waals surface area contributed by atoms with Crippen LogP contribution in [-0.2, 0) is 11.2 Å². The highest BCUT2D eigenvalue weighted by atomic mass is 19.1.